The van der Waals surface area contributed by atoms with Crippen molar-refractivity contribution in [1.29, 1.82) is 0 Å². The molecule has 1 N–H and O–H groups in total. The molecule has 0 atom stereocenters. The van der Waals surface area contributed by atoms with Gasteiger partial charge in [0.05, 0.1) is 16.7 Å². The molecule has 0 amide bonds. The monoisotopic (exact) mass is 263 g/mol. The Morgan fingerprint density at radius 1 is 1.15 bits per heavy atom. The van der Waals surface area contributed by atoms with Crippen molar-refractivity contribution in [2.24, 2.45) is 4.99 Å². The highest BCUT2D eigenvalue weighted by atomic mass is 16.4. The number of carboxylic acid groups (broad SMARTS) is 1. The maximum Gasteiger partial charge on any atom is 0.331 e. The Balaban J connectivity index is 1.95. The molecule has 1 aliphatic heterocycles. The molecule has 0 spiro atoms. The molecule has 0 unspecified atom stereocenters. The minimum atomic E-state index is -0.922. The van der Waals surface area contributed by atoms with Gasteiger partial charge in [0, 0.05) is 17.6 Å². The predicted octanol–water partition coefficient (Wildman–Crippen LogP) is 0.756. The lowest BCUT2D eigenvalue weighted by atomic mass is 10.0. The second-order valence-corrected chi connectivity index (χ2v) is 4.70. The number of rotatable bonds is 1. The summed E-state index contributed by atoms with van der Waals surface area (Å²) in [4.78, 5) is 24.5. The highest BCUT2D eigenvalue weighted by molar-refractivity contribution is 5.89. The van der Waals surface area contributed by atoms with Gasteiger partial charge in [-0.25, -0.2) is 19.8 Å². The second-order valence-electron chi connectivity index (χ2n) is 4.70. The van der Waals surface area contributed by atoms with E-state index < -0.39 is 5.97 Å². The van der Waals surface area contributed by atoms with Crippen LogP contribution in [0.2, 0.25) is 0 Å². The summed E-state index contributed by atoms with van der Waals surface area (Å²) >= 11 is 0. The molecule has 2 aromatic rings. The van der Waals surface area contributed by atoms with Gasteiger partial charge in [0.15, 0.2) is 5.49 Å². The number of nitrogens with zero attached hydrogens (tertiary/aromatic N) is 3. The minimum Gasteiger partial charge on any atom is -0.478 e. The SMILES string of the molecule is O=C(O)C1=CC=c2nc3c(nc2C1)=Nc1ccccc1-3. The lowest BCUT2D eigenvalue weighted by molar-refractivity contribution is -0.132. The lowest BCUT2D eigenvalue weighted by Gasteiger charge is -2.07. The lowest BCUT2D eigenvalue weighted by Crippen LogP contribution is -2.28. The van der Waals surface area contributed by atoms with Gasteiger partial charge in [-0.15, -0.1) is 0 Å². The zero-order chi connectivity index (χ0) is 13.7. The van der Waals surface area contributed by atoms with Crippen molar-refractivity contribution in [2.75, 3.05) is 0 Å². The van der Waals surface area contributed by atoms with E-state index in [-0.39, 0.29) is 6.42 Å². The summed E-state index contributed by atoms with van der Waals surface area (Å²) < 4.78 is 0. The summed E-state index contributed by atoms with van der Waals surface area (Å²) in [7, 11) is 0. The van der Waals surface area contributed by atoms with Crippen LogP contribution in [0.5, 0.6) is 0 Å². The second kappa shape index (κ2) is 3.84. The number of carboxylic acids is 1. The average Bonchev–Trinajstić information content (AvgIpc) is 2.81. The van der Waals surface area contributed by atoms with Crippen molar-refractivity contribution in [3.8, 4) is 11.3 Å². The molecule has 4 rings (SSSR count). The zero-order valence-corrected chi connectivity index (χ0v) is 10.4. The Bertz CT molecular complexity index is 913. The molecule has 2 heterocycles. The topological polar surface area (TPSA) is 75.4 Å². The number of carbonyl (C=O) groups is 1. The van der Waals surface area contributed by atoms with Crippen LogP contribution in [0.1, 0.15) is 5.69 Å². The van der Waals surface area contributed by atoms with Crippen LogP contribution in [0, 0.1) is 0 Å². The minimum absolute atomic E-state index is 0.285. The molecule has 5 nitrogen and oxygen atoms in total. The third-order valence-corrected chi connectivity index (χ3v) is 3.44. The molecular formula is C15H9N3O2. The van der Waals surface area contributed by atoms with Crippen LogP contribution in [0.15, 0.2) is 40.9 Å². The van der Waals surface area contributed by atoms with Gasteiger partial charge in [-0.1, -0.05) is 18.2 Å². The number of benzene rings is 1. The first-order valence-corrected chi connectivity index (χ1v) is 6.21. The van der Waals surface area contributed by atoms with Gasteiger partial charge in [-0.2, -0.15) is 0 Å². The Labute approximate surface area is 113 Å². The molecule has 1 aromatic heterocycles. The Morgan fingerprint density at radius 2 is 2.00 bits per heavy atom. The fourth-order valence-corrected chi connectivity index (χ4v) is 2.45. The quantitative estimate of drug-likeness (QED) is 0.703. The third-order valence-electron chi connectivity index (χ3n) is 3.44. The molecule has 0 bridgehead atoms. The van der Waals surface area contributed by atoms with E-state index in [0.29, 0.717) is 16.8 Å². The van der Waals surface area contributed by atoms with Crippen molar-refractivity contribution < 1.29 is 9.90 Å². The van der Waals surface area contributed by atoms with Crippen molar-refractivity contribution in [3.63, 3.8) is 0 Å². The van der Waals surface area contributed by atoms with E-state index in [1.807, 2.05) is 24.3 Å². The number of allylic oxidation sites excluding steroid dienone is 1. The number of hydrogen-bond acceptors (Lipinski definition) is 4. The van der Waals surface area contributed by atoms with Crippen molar-refractivity contribution in [2.45, 2.75) is 6.42 Å². The molecule has 0 radical (unpaired) electrons. The first kappa shape index (κ1) is 11.0. The predicted molar refractivity (Wildman–Crippen MR) is 71.8 cm³/mol. The Morgan fingerprint density at radius 3 is 2.85 bits per heavy atom. The van der Waals surface area contributed by atoms with Gasteiger partial charge in [-0.05, 0) is 18.2 Å². The van der Waals surface area contributed by atoms with Crippen LogP contribution in [0.3, 0.4) is 0 Å². The summed E-state index contributed by atoms with van der Waals surface area (Å²) in [5.41, 5.74) is 4.16. The summed E-state index contributed by atoms with van der Waals surface area (Å²) in [6, 6.07) is 7.75. The van der Waals surface area contributed by atoms with E-state index in [1.165, 1.54) is 0 Å². The van der Waals surface area contributed by atoms with Gasteiger partial charge in [0.2, 0.25) is 0 Å². The first-order valence-electron chi connectivity index (χ1n) is 6.21. The van der Waals surface area contributed by atoms with E-state index >= 15 is 0 Å². The molecule has 1 aliphatic carbocycles. The van der Waals surface area contributed by atoms with Gasteiger partial charge in [0.25, 0.3) is 0 Å². The summed E-state index contributed by atoms with van der Waals surface area (Å²) in [5.74, 6) is -0.922. The molecule has 96 valence electrons. The van der Waals surface area contributed by atoms with Gasteiger partial charge >= 0.3 is 5.97 Å². The maximum atomic E-state index is 11.0. The van der Waals surface area contributed by atoms with Gasteiger partial charge in [0.1, 0.15) is 5.69 Å². The maximum absolute atomic E-state index is 11.0. The number of aliphatic carboxylic acids is 1. The molecule has 0 saturated heterocycles. The molecular weight excluding hydrogens is 254 g/mol. The number of fused-ring (bicyclic) bond motifs is 4. The third kappa shape index (κ3) is 1.50. The zero-order valence-electron chi connectivity index (χ0n) is 10.4. The largest absolute Gasteiger partial charge is 0.478 e. The van der Waals surface area contributed by atoms with Crippen LogP contribution in [0.4, 0.5) is 5.69 Å². The van der Waals surface area contributed by atoms with Gasteiger partial charge < -0.3 is 5.11 Å². The van der Waals surface area contributed by atoms with Crippen LogP contribution in [-0.2, 0) is 11.2 Å². The van der Waals surface area contributed by atoms with Crippen molar-refractivity contribution in [1.82, 2.24) is 9.97 Å². The smallest absolute Gasteiger partial charge is 0.331 e. The highest BCUT2D eigenvalue weighted by Gasteiger charge is 2.20. The van der Waals surface area contributed by atoms with E-state index in [0.717, 1.165) is 22.3 Å². The normalized spacial score (nSPS) is 14.3. The summed E-state index contributed by atoms with van der Waals surface area (Å²) in [6.07, 6.45) is 3.58. The molecule has 20 heavy (non-hydrogen) atoms. The van der Waals surface area contributed by atoms with E-state index in [1.54, 1.807) is 12.2 Å². The van der Waals surface area contributed by atoms with Crippen LogP contribution in [-0.4, -0.2) is 21.0 Å². The first-order chi connectivity index (χ1) is 9.72. The Kier molecular flexibility index (Phi) is 2.12. The van der Waals surface area contributed by atoms with Crippen LogP contribution in [0.25, 0.3) is 17.3 Å². The average molecular weight is 263 g/mol. The van der Waals surface area contributed by atoms with Crippen LogP contribution >= 0.6 is 0 Å². The summed E-state index contributed by atoms with van der Waals surface area (Å²) in [6.45, 7) is 0. The number of hydrogen-bond donors (Lipinski definition) is 1. The summed E-state index contributed by atoms with van der Waals surface area (Å²) in [5, 5.41) is 9.76. The van der Waals surface area contributed by atoms with Crippen molar-refractivity contribution >= 4 is 17.7 Å². The molecule has 0 fully saturated rings. The van der Waals surface area contributed by atoms with E-state index in [2.05, 4.69) is 15.0 Å². The standard InChI is InChI=1S/C15H9N3O2/c19-15(20)8-5-6-11-12(7-8)18-14-13(16-11)9-3-1-2-4-10(9)17-14/h1-6H,7H2,(H,19,20). The fraction of sp³-hybridized carbons (Fsp3) is 0.0667. The van der Waals surface area contributed by atoms with Gasteiger partial charge in [-0.3, -0.25) is 0 Å². The number of aromatic nitrogens is 2. The molecule has 1 aromatic carbocycles. The van der Waals surface area contributed by atoms with Crippen molar-refractivity contribution in [3.05, 3.63) is 52.4 Å². The van der Waals surface area contributed by atoms with E-state index in [9.17, 15) is 4.79 Å². The molecule has 2 aliphatic rings. The molecule has 5 heteroatoms. The van der Waals surface area contributed by atoms with Crippen LogP contribution < -0.4 is 10.8 Å². The number of para-hydroxylation sites is 1. The Hall–Kier alpha value is -2.82. The molecule has 0 saturated carbocycles. The highest BCUT2D eigenvalue weighted by Crippen LogP contribution is 2.29. The fourth-order valence-electron chi connectivity index (χ4n) is 2.45. The van der Waals surface area contributed by atoms with E-state index in [4.69, 9.17) is 5.11 Å².